The van der Waals surface area contributed by atoms with Crippen molar-refractivity contribution in [3.8, 4) is 0 Å². The van der Waals surface area contributed by atoms with Gasteiger partial charge >= 0.3 is 12.1 Å². The van der Waals surface area contributed by atoms with Crippen LogP contribution in [0.3, 0.4) is 0 Å². The van der Waals surface area contributed by atoms with Gasteiger partial charge in [-0.3, -0.25) is 4.79 Å². The van der Waals surface area contributed by atoms with Crippen molar-refractivity contribution in [1.82, 2.24) is 0 Å². The molecule has 0 saturated heterocycles. The highest BCUT2D eigenvalue weighted by molar-refractivity contribution is 6.01. The number of nitrogens with one attached hydrogen (secondary N) is 1. The molecule has 1 aromatic carbocycles. The van der Waals surface area contributed by atoms with E-state index in [0.717, 1.165) is 37.8 Å². The van der Waals surface area contributed by atoms with E-state index in [-0.39, 0.29) is 17.5 Å². The molecule has 21 heavy (non-hydrogen) atoms. The highest BCUT2D eigenvalue weighted by Gasteiger charge is 2.32. The van der Waals surface area contributed by atoms with Crippen LogP contribution in [-0.4, -0.2) is 17.0 Å². The van der Waals surface area contributed by atoms with Crippen LogP contribution < -0.4 is 5.32 Å². The molecule has 1 aliphatic rings. The molecule has 0 atom stereocenters. The Hall–Kier alpha value is -2.05. The Kier molecular flexibility index (Phi) is 4.20. The number of carbonyl (C=O) groups excluding carboxylic acids is 1. The average Bonchev–Trinajstić information content (AvgIpc) is 2.91. The lowest BCUT2D eigenvalue weighted by atomic mass is 10.1. The van der Waals surface area contributed by atoms with Crippen LogP contribution in [0.25, 0.3) is 0 Å². The molecule has 0 unspecified atom stereocenters. The summed E-state index contributed by atoms with van der Waals surface area (Å²) in [6, 6.07) is 2.28. The first kappa shape index (κ1) is 15.3. The third-order valence-electron chi connectivity index (χ3n) is 3.56. The zero-order valence-corrected chi connectivity index (χ0v) is 11.0. The van der Waals surface area contributed by atoms with Gasteiger partial charge in [0, 0.05) is 5.92 Å². The number of aromatic carboxylic acids is 1. The van der Waals surface area contributed by atoms with Crippen molar-refractivity contribution in [2.75, 3.05) is 5.32 Å². The van der Waals surface area contributed by atoms with Crippen LogP contribution in [0.5, 0.6) is 0 Å². The van der Waals surface area contributed by atoms with Crippen molar-refractivity contribution in [1.29, 1.82) is 0 Å². The molecular weight excluding hydrogens is 287 g/mol. The molecule has 2 N–H and O–H groups in total. The number of benzene rings is 1. The Balaban J connectivity index is 2.26. The van der Waals surface area contributed by atoms with Crippen molar-refractivity contribution < 1.29 is 27.9 Å². The summed E-state index contributed by atoms with van der Waals surface area (Å²) in [6.45, 7) is 0. The van der Waals surface area contributed by atoms with E-state index in [2.05, 4.69) is 5.32 Å². The summed E-state index contributed by atoms with van der Waals surface area (Å²) < 4.78 is 37.8. The number of carboxylic acid groups (broad SMARTS) is 1. The van der Waals surface area contributed by atoms with E-state index in [9.17, 15) is 22.8 Å². The summed E-state index contributed by atoms with van der Waals surface area (Å²) in [6.07, 6.45) is -1.34. The molecule has 0 spiro atoms. The maximum atomic E-state index is 12.6. The second kappa shape index (κ2) is 5.75. The number of carbonyl (C=O) groups is 2. The minimum Gasteiger partial charge on any atom is -0.478 e. The van der Waals surface area contributed by atoms with Crippen LogP contribution in [0.4, 0.5) is 18.9 Å². The van der Waals surface area contributed by atoms with Crippen molar-refractivity contribution in [3.05, 3.63) is 29.3 Å². The van der Waals surface area contributed by atoms with Crippen LogP contribution >= 0.6 is 0 Å². The largest absolute Gasteiger partial charge is 0.478 e. The Bertz CT molecular complexity index is 563. The van der Waals surface area contributed by atoms with Crippen LogP contribution in [0.15, 0.2) is 18.2 Å². The van der Waals surface area contributed by atoms with Crippen LogP contribution in [0.1, 0.15) is 41.6 Å². The van der Waals surface area contributed by atoms with Gasteiger partial charge in [0.2, 0.25) is 5.91 Å². The van der Waals surface area contributed by atoms with Gasteiger partial charge in [-0.1, -0.05) is 12.8 Å². The van der Waals surface area contributed by atoms with E-state index in [4.69, 9.17) is 5.11 Å². The first-order valence-corrected chi connectivity index (χ1v) is 6.54. The van der Waals surface area contributed by atoms with Gasteiger partial charge in [-0.15, -0.1) is 0 Å². The Morgan fingerprint density at radius 3 is 2.33 bits per heavy atom. The fourth-order valence-electron chi connectivity index (χ4n) is 2.43. The molecule has 1 aliphatic carbocycles. The number of carboxylic acids is 1. The lowest BCUT2D eigenvalue weighted by molar-refractivity contribution is -0.137. The molecule has 1 fully saturated rings. The molecule has 0 aromatic heterocycles. The van der Waals surface area contributed by atoms with Gasteiger partial charge in [0.1, 0.15) is 0 Å². The lowest BCUT2D eigenvalue weighted by Gasteiger charge is -2.14. The summed E-state index contributed by atoms with van der Waals surface area (Å²) in [5.41, 5.74) is -1.72. The summed E-state index contributed by atoms with van der Waals surface area (Å²) >= 11 is 0. The average molecular weight is 301 g/mol. The molecule has 0 heterocycles. The van der Waals surface area contributed by atoms with Crippen molar-refractivity contribution in [2.24, 2.45) is 5.92 Å². The Morgan fingerprint density at radius 1 is 1.19 bits per heavy atom. The minimum absolute atomic E-state index is 0.104. The Morgan fingerprint density at radius 2 is 1.81 bits per heavy atom. The lowest BCUT2D eigenvalue weighted by Crippen LogP contribution is -2.22. The molecule has 4 nitrogen and oxygen atoms in total. The predicted octanol–water partition coefficient (Wildman–Crippen LogP) is 3.53. The topological polar surface area (TPSA) is 66.4 Å². The third kappa shape index (κ3) is 3.53. The predicted molar refractivity (Wildman–Crippen MR) is 69.0 cm³/mol. The smallest absolute Gasteiger partial charge is 0.416 e. The first-order valence-electron chi connectivity index (χ1n) is 6.54. The maximum absolute atomic E-state index is 12.6. The van der Waals surface area contributed by atoms with E-state index in [1.165, 1.54) is 0 Å². The van der Waals surface area contributed by atoms with E-state index in [0.29, 0.717) is 6.07 Å². The van der Waals surface area contributed by atoms with Gasteiger partial charge in [0.05, 0.1) is 16.8 Å². The van der Waals surface area contributed by atoms with Gasteiger partial charge < -0.3 is 10.4 Å². The minimum atomic E-state index is -4.63. The summed E-state index contributed by atoms with van der Waals surface area (Å²) in [7, 11) is 0. The van der Waals surface area contributed by atoms with Gasteiger partial charge in [0.25, 0.3) is 0 Å². The highest BCUT2D eigenvalue weighted by atomic mass is 19.4. The van der Waals surface area contributed by atoms with Crippen LogP contribution in [0, 0.1) is 5.92 Å². The van der Waals surface area contributed by atoms with E-state index in [1.807, 2.05) is 0 Å². The van der Waals surface area contributed by atoms with E-state index < -0.39 is 23.3 Å². The SMILES string of the molecule is O=C(O)c1cc(C(F)(F)F)ccc1NC(=O)C1CCCC1. The monoisotopic (exact) mass is 301 g/mol. The van der Waals surface area contributed by atoms with E-state index in [1.54, 1.807) is 0 Å². The molecule has 1 saturated carbocycles. The van der Waals surface area contributed by atoms with Crippen LogP contribution in [0.2, 0.25) is 0 Å². The molecule has 7 heteroatoms. The van der Waals surface area contributed by atoms with Crippen molar-refractivity contribution in [2.45, 2.75) is 31.9 Å². The zero-order chi connectivity index (χ0) is 15.6. The highest BCUT2D eigenvalue weighted by Crippen LogP contribution is 2.32. The standard InChI is InChI=1S/C14H14F3NO3/c15-14(16,17)9-5-6-11(10(7-9)13(20)21)18-12(19)8-3-1-2-4-8/h5-8H,1-4H2,(H,18,19)(H,20,21). The third-order valence-corrected chi connectivity index (χ3v) is 3.56. The summed E-state index contributed by atoms with van der Waals surface area (Å²) in [5.74, 6) is -2.05. The molecule has 1 amide bonds. The molecule has 114 valence electrons. The fraction of sp³-hybridized carbons (Fsp3) is 0.429. The van der Waals surface area contributed by atoms with Crippen molar-refractivity contribution in [3.63, 3.8) is 0 Å². The normalized spacial score (nSPS) is 16.0. The quantitative estimate of drug-likeness (QED) is 0.897. The Labute approximate surface area is 119 Å². The number of rotatable bonds is 3. The zero-order valence-electron chi connectivity index (χ0n) is 11.0. The molecule has 1 aromatic rings. The van der Waals surface area contributed by atoms with Gasteiger partial charge in [-0.2, -0.15) is 13.2 Å². The van der Waals surface area contributed by atoms with Crippen LogP contribution in [-0.2, 0) is 11.0 Å². The molecule has 2 rings (SSSR count). The fourth-order valence-corrected chi connectivity index (χ4v) is 2.43. The van der Waals surface area contributed by atoms with Gasteiger partial charge in [-0.25, -0.2) is 4.79 Å². The van der Waals surface area contributed by atoms with Gasteiger partial charge in [0.15, 0.2) is 0 Å². The number of anilines is 1. The summed E-state index contributed by atoms with van der Waals surface area (Å²) in [5, 5.41) is 11.4. The summed E-state index contributed by atoms with van der Waals surface area (Å²) in [4.78, 5) is 23.0. The molecular formula is C14H14F3NO3. The van der Waals surface area contributed by atoms with Crippen molar-refractivity contribution >= 4 is 17.6 Å². The molecule has 0 radical (unpaired) electrons. The molecule has 0 bridgehead atoms. The molecule has 0 aliphatic heterocycles. The maximum Gasteiger partial charge on any atom is 0.416 e. The second-order valence-electron chi connectivity index (χ2n) is 5.03. The number of halogens is 3. The number of hydrogen-bond donors (Lipinski definition) is 2. The van der Waals surface area contributed by atoms with Gasteiger partial charge in [-0.05, 0) is 31.0 Å². The number of hydrogen-bond acceptors (Lipinski definition) is 2. The number of amides is 1. The number of alkyl halides is 3. The second-order valence-corrected chi connectivity index (χ2v) is 5.03. The first-order chi connectivity index (χ1) is 9.79. The van der Waals surface area contributed by atoms with E-state index >= 15 is 0 Å².